The molecule has 12 atom stereocenters. The van der Waals surface area contributed by atoms with Crippen LogP contribution in [0.4, 0.5) is 0 Å². The zero-order valence-electron chi connectivity index (χ0n) is 48.0. The molecule has 0 radical (unpaired) electrons. The number of allylic oxidation sites excluding steroid dienone is 1. The Morgan fingerprint density at radius 1 is 0.753 bits per heavy atom. The van der Waals surface area contributed by atoms with Gasteiger partial charge in [0.05, 0.1) is 18.6 Å². The Labute approximate surface area is 458 Å². The molecule has 4 saturated heterocycles. The highest BCUT2D eigenvalue weighted by Gasteiger charge is 2.60. The van der Waals surface area contributed by atoms with E-state index in [-0.39, 0.29) is 30.9 Å². The Morgan fingerprint density at radius 3 is 2.04 bits per heavy atom. The molecular formula is C59H86O16Si2. The number of carbonyl (C=O) groups is 5. The van der Waals surface area contributed by atoms with Crippen molar-refractivity contribution in [1.82, 2.24) is 0 Å². The molecule has 16 nitrogen and oxygen atoms in total. The number of rotatable bonds is 12. The van der Waals surface area contributed by atoms with Crippen LogP contribution in [0, 0.1) is 0 Å². The minimum atomic E-state index is -2.93. The number of esters is 4. The van der Waals surface area contributed by atoms with Gasteiger partial charge >= 0.3 is 23.9 Å². The minimum Gasteiger partial charge on any atom is -0.463 e. The Morgan fingerprint density at radius 2 is 1.40 bits per heavy atom. The summed E-state index contributed by atoms with van der Waals surface area (Å²) >= 11 is 0. The molecular weight excluding hydrogens is 1020 g/mol. The summed E-state index contributed by atoms with van der Waals surface area (Å²) in [6.07, 6.45) is -5.35. The first-order valence-electron chi connectivity index (χ1n) is 27.6. The molecule has 0 saturated carbocycles. The van der Waals surface area contributed by atoms with Gasteiger partial charge in [0.2, 0.25) is 0 Å². The van der Waals surface area contributed by atoms with Crippen LogP contribution in [-0.2, 0) is 75.8 Å². The number of Topliss-reactive ketones (excluding diaryl/α,β-unsaturated/α-hetero) is 1. The van der Waals surface area contributed by atoms with Gasteiger partial charge in [-0.2, -0.15) is 0 Å². The lowest BCUT2D eigenvalue weighted by molar-refractivity contribution is -0.360. The highest BCUT2D eigenvalue weighted by Crippen LogP contribution is 2.44. The normalized spacial score (nSPS) is 30.5. The average Bonchev–Trinajstić information content (AvgIpc) is 3.75. The van der Waals surface area contributed by atoms with Crippen LogP contribution in [0.25, 0.3) is 5.20 Å². The molecule has 2 aromatic carbocycles. The molecule has 2 aromatic rings. The molecule has 0 aromatic heterocycles. The van der Waals surface area contributed by atoms with Gasteiger partial charge in [-0.25, -0.2) is 9.59 Å². The van der Waals surface area contributed by atoms with E-state index in [9.17, 15) is 19.2 Å². The fourth-order valence-corrected chi connectivity index (χ4v) is 14.0. The number of hydrogen-bond donors (Lipinski definition) is 0. The topological polar surface area (TPSA) is 187 Å². The molecule has 4 heterocycles. The molecule has 2 bridgehead atoms. The molecule has 18 heteroatoms. The Hall–Kier alpha value is -4.38. The van der Waals surface area contributed by atoms with E-state index >= 15 is 4.79 Å². The van der Waals surface area contributed by atoms with Gasteiger partial charge in [-0.05, 0) is 89.2 Å². The van der Waals surface area contributed by atoms with E-state index in [4.69, 9.17) is 51.8 Å². The number of cyclic esters (lactones) is 1. The summed E-state index contributed by atoms with van der Waals surface area (Å²) in [5.74, 6) is -4.32. The van der Waals surface area contributed by atoms with Gasteiger partial charge < -0.3 is 51.8 Å². The monoisotopic (exact) mass is 1110 g/mol. The fraction of sp³-hybridized carbons (Fsp3) is 0.644. The predicted octanol–water partition coefficient (Wildman–Crippen LogP) is 9.75. The second-order valence-corrected chi connectivity index (χ2v) is 32.5. The van der Waals surface area contributed by atoms with Crippen LogP contribution in [-0.4, -0.2) is 132 Å². The van der Waals surface area contributed by atoms with Crippen molar-refractivity contribution in [2.45, 2.75) is 238 Å². The summed E-state index contributed by atoms with van der Waals surface area (Å²) in [7, 11) is -5.59. The smallest absolute Gasteiger partial charge is 0.333 e. The number of ketones is 1. The maximum Gasteiger partial charge on any atom is 0.333 e. The van der Waals surface area contributed by atoms with Gasteiger partial charge in [0.15, 0.2) is 50.8 Å². The van der Waals surface area contributed by atoms with Gasteiger partial charge in [-0.1, -0.05) is 132 Å². The zero-order valence-corrected chi connectivity index (χ0v) is 50.0. The van der Waals surface area contributed by atoms with Crippen LogP contribution in [0.2, 0.25) is 31.2 Å². The molecule has 0 N–H and O–H groups in total. The number of ether oxygens (including phenoxy) is 10. The van der Waals surface area contributed by atoms with E-state index in [1.54, 1.807) is 19.9 Å². The van der Waals surface area contributed by atoms with E-state index in [0.29, 0.717) is 25.7 Å². The van der Waals surface area contributed by atoms with Crippen molar-refractivity contribution in [2.75, 3.05) is 6.61 Å². The lowest BCUT2D eigenvalue weighted by Gasteiger charge is -2.50. The minimum absolute atomic E-state index is 0.263. The molecule has 426 valence electrons. The van der Waals surface area contributed by atoms with Crippen molar-refractivity contribution in [1.29, 1.82) is 0 Å². The van der Waals surface area contributed by atoms with Crippen molar-refractivity contribution in [2.24, 2.45) is 0 Å². The van der Waals surface area contributed by atoms with Crippen molar-refractivity contribution < 1.29 is 75.8 Å². The quantitative estimate of drug-likeness (QED) is 0.0845. The third-order valence-electron chi connectivity index (χ3n) is 15.5. The molecule has 6 rings (SSSR count). The number of benzene rings is 2. The summed E-state index contributed by atoms with van der Waals surface area (Å²) in [6.45, 7) is 26.3. The molecule has 4 aliphatic rings. The van der Waals surface area contributed by atoms with Crippen LogP contribution < -0.4 is 5.19 Å². The van der Waals surface area contributed by atoms with E-state index in [1.165, 1.54) is 13.0 Å². The maximum atomic E-state index is 15.1. The van der Waals surface area contributed by atoms with Crippen molar-refractivity contribution >= 4 is 56.4 Å². The zero-order chi connectivity index (χ0) is 56.5. The van der Waals surface area contributed by atoms with E-state index in [0.717, 1.165) is 28.8 Å². The molecule has 77 heavy (non-hydrogen) atoms. The Bertz CT molecular complexity index is 2380. The van der Waals surface area contributed by atoms with E-state index in [1.807, 2.05) is 82.4 Å². The highest BCUT2D eigenvalue weighted by atomic mass is 28.4. The molecule has 0 amide bonds. The molecule has 4 fully saturated rings. The Kier molecular flexibility index (Phi) is 21.5. The van der Waals surface area contributed by atoms with Crippen LogP contribution in [0.3, 0.4) is 0 Å². The van der Waals surface area contributed by atoms with Crippen molar-refractivity contribution in [3.63, 3.8) is 0 Å². The predicted molar refractivity (Wildman–Crippen MR) is 295 cm³/mol. The summed E-state index contributed by atoms with van der Waals surface area (Å²) in [6, 6.07) is 19.6. The van der Waals surface area contributed by atoms with Crippen LogP contribution in [0.1, 0.15) is 133 Å². The first kappa shape index (κ1) is 61.8. The lowest BCUT2D eigenvalue weighted by atomic mass is 9.96. The van der Waals surface area contributed by atoms with Gasteiger partial charge in [-0.15, -0.1) is 0 Å². The number of fused-ring (bicyclic) bond motifs is 5. The van der Waals surface area contributed by atoms with Crippen LogP contribution in [0.15, 0.2) is 78.4 Å². The van der Waals surface area contributed by atoms with Gasteiger partial charge in [0.25, 0.3) is 0 Å². The molecule has 0 aliphatic carbocycles. The summed E-state index contributed by atoms with van der Waals surface area (Å²) in [5, 5.41) is 1.43. The standard InChI is InChI=1S/C59H86O16Si2/c1-15-26-41-29-22-18-25-32-44(67-39(5)60)43(61)33-34-47(62)65-36-45-50(70-48(63)35-46(40-27-20-17-21-28-40)76(11,12)42-30-23-19-24-31-42)51(71-55(64)37(3)16-2)54(75-77(13,14)58(6,7)8)57(69-45)72-53-52-49(73-59(9,10)74-52)38(4)66-56(53)68-41/h16-17,19-21,23-24,27-28,30-31,35,38,41,44-45,49-54,56-57H,15,18,22,25-26,29,32-34,36H2,1-14H3/b37-16+,46-35-/t38-,41+,44+,45-,49+,50-,51+,52+,53-,54-,56+,57+/m1/s1. The number of hydrogen-bond acceptors (Lipinski definition) is 16. The van der Waals surface area contributed by atoms with Crippen molar-refractivity contribution in [3.05, 3.63) is 84.0 Å². The van der Waals surface area contributed by atoms with Gasteiger partial charge in [0.1, 0.15) is 45.2 Å². The van der Waals surface area contributed by atoms with Crippen LogP contribution >= 0.6 is 0 Å². The molecule has 0 spiro atoms. The summed E-state index contributed by atoms with van der Waals surface area (Å²) in [5.41, 5.74) is 1.10. The third kappa shape index (κ3) is 16.1. The highest BCUT2D eigenvalue weighted by molar-refractivity contribution is 7.04. The van der Waals surface area contributed by atoms with Gasteiger partial charge in [0, 0.05) is 25.0 Å². The fourth-order valence-electron chi connectivity index (χ4n) is 10.1. The summed E-state index contributed by atoms with van der Waals surface area (Å²) in [4.78, 5) is 69.1. The number of carbonyl (C=O) groups excluding carboxylic acids is 5. The first-order valence-corrected chi connectivity index (χ1v) is 33.5. The average molecular weight is 1110 g/mol. The summed E-state index contributed by atoms with van der Waals surface area (Å²) < 4.78 is 73.1. The molecule has 4 aliphatic heterocycles. The van der Waals surface area contributed by atoms with Gasteiger partial charge in [-0.3, -0.25) is 14.4 Å². The van der Waals surface area contributed by atoms with E-state index < -0.39 is 131 Å². The maximum absolute atomic E-state index is 15.1. The second-order valence-electron chi connectivity index (χ2n) is 23.4. The first-order chi connectivity index (χ1) is 36.2. The largest absolute Gasteiger partial charge is 0.463 e. The van der Waals surface area contributed by atoms with Crippen LogP contribution in [0.5, 0.6) is 0 Å². The third-order valence-corrected chi connectivity index (χ3v) is 23.6. The molecule has 0 unspecified atom stereocenters. The van der Waals surface area contributed by atoms with Crippen molar-refractivity contribution in [3.8, 4) is 0 Å². The SMILES string of the molecule is C/C=C(\C)C(=O)O[C@@H]1[C@@H](O[Si](C)(C)C(C)(C)C)[C@@H]2O[C@H]3[C@H](O[C@@H](CCC)CCCCC[C@H](OC(C)=O)C(=O)CCC(=O)OC[C@@H](O2)[C@H]1OC(=O)/C=C(/c1ccccc1)[Si](C)(C)c1ccccc1)O[C@H](C)[C@@H]1OC(C)(C)O[C@@H]13. The lowest BCUT2D eigenvalue weighted by Crippen LogP contribution is -2.67. The Balaban J connectivity index is 1.53. The van der Waals surface area contributed by atoms with E-state index in [2.05, 4.69) is 52.9 Å². The second kappa shape index (κ2) is 26.7.